The first-order valence-corrected chi connectivity index (χ1v) is 14.0. The summed E-state index contributed by atoms with van der Waals surface area (Å²) in [7, 11) is 1.72. The molecule has 222 valence electrons. The summed E-state index contributed by atoms with van der Waals surface area (Å²) in [5, 5.41) is 8.96. The van der Waals surface area contributed by atoms with Crippen molar-refractivity contribution in [1.29, 1.82) is 0 Å². The lowest BCUT2D eigenvalue weighted by atomic mass is 9.97. The minimum atomic E-state index is -4.28. The second kappa shape index (κ2) is 11.3. The van der Waals surface area contributed by atoms with Gasteiger partial charge in [-0.05, 0) is 36.6 Å². The number of benzene rings is 2. The molecule has 7 nitrogen and oxygen atoms in total. The van der Waals surface area contributed by atoms with E-state index in [2.05, 4.69) is 20.9 Å². The van der Waals surface area contributed by atoms with Gasteiger partial charge in [-0.2, -0.15) is 13.2 Å². The molecule has 15 heteroatoms. The summed E-state index contributed by atoms with van der Waals surface area (Å²) in [5.74, 6) is -4.60. The Kier molecular flexibility index (Phi) is 8.23. The van der Waals surface area contributed by atoms with Crippen LogP contribution in [0.25, 0.3) is 11.0 Å². The summed E-state index contributed by atoms with van der Waals surface area (Å²) < 4.78 is 68.8. The fourth-order valence-corrected chi connectivity index (χ4v) is 5.99. The van der Waals surface area contributed by atoms with Gasteiger partial charge in [0.2, 0.25) is 11.9 Å². The van der Waals surface area contributed by atoms with E-state index in [4.69, 9.17) is 34.8 Å². The Labute approximate surface area is 247 Å². The largest absolute Gasteiger partial charge is 0.393 e. The first kappa shape index (κ1) is 29.9. The summed E-state index contributed by atoms with van der Waals surface area (Å²) in [5.41, 5.74) is 2.41. The summed E-state index contributed by atoms with van der Waals surface area (Å²) in [6, 6.07) is 5.49. The Morgan fingerprint density at radius 3 is 2.63 bits per heavy atom. The predicted molar refractivity (Wildman–Crippen MR) is 150 cm³/mol. The molecule has 0 aliphatic carbocycles. The van der Waals surface area contributed by atoms with Gasteiger partial charge in [-0.15, -0.1) is 0 Å². The molecule has 1 aromatic heterocycles. The number of amides is 1. The third-order valence-corrected chi connectivity index (χ3v) is 8.51. The van der Waals surface area contributed by atoms with Gasteiger partial charge < -0.3 is 20.1 Å². The van der Waals surface area contributed by atoms with Crippen molar-refractivity contribution >= 4 is 69.1 Å². The first-order chi connectivity index (χ1) is 19.2. The molecule has 2 fully saturated rings. The van der Waals surface area contributed by atoms with Gasteiger partial charge in [-0.25, -0.2) is 13.8 Å². The Hall–Kier alpha value is -2.54. The average Bonchev–Trinajstić information content (AvgIpc) is 3.42. The first-order valence-electron chi connectivity index (χ1n) is 12.8. The zero-order valence-electron chi connectivity index (χ0n) is 21.7. The fourth-order valence-electron chi connectivity index (χ4n) is 5.18. The standard InChI is InChI=1S/C26H26Cl3F5N6O/c1-39-20-8-19(40-6-2-3-14(11-40)26(32,33)34)16(28)7-17(20)37-24(39)38-22-15(27)5-4-13(21(22)29)10-35-23(41)18-9-25(30,31)12-36-18/h4-5,7-8,14,18,36H,2-3,6,9-12H2,1H3,(H,35,41)(H,37,38)/t14?,18-/m1/s1. The number of imidazole rings is 1. The van der Waals surface area contributed by atoms with E-state index in [0.717, 1.165) is 0 Å². The highest BCUT2D eigenvalue weighted by atomic mass is 35.5. The number of anilines is 3. The van der Waals surface area contributed by atoms with Crippen LogP contribution in [0.5, 0.6) is 0 Å². The highest BCUT2D eigenvalue weighted by Crippen LogP contribution is 2.40. The monoisotopic (exact) mass is 638 g/mol. The topological polar surface area (TPSA) is 74.2 Å². The molecule has 0 bridgehead atoms. The smallest absolute Gasteiger partial charge is 0.370 e. The number of piperidine rings is 1. The molecule has 1 amide bonds. The molecule has 1 unspecified atom stereocenters. The second-order valence-electron chi connectivity index (χ2n) is 10.3. The quantitative estimate of drug-likeness (QED) is 0.263. The van der Waals surface area contributed by atoms with E-state index in [-0.39, 0.29) is 34.6 Å². The van der Waals surface area contributed by atoms with Crippen LogP contribution in [0.3, 0.4) is 0 Å². The Bertz CT molecular complexity index is 1480. The van der Waals surface area contributed by atoms with Crippen molar-refractivity contribution in [3.63, 3.8) is 0 Å². The number of carbonyl (C=O) groups is 1. The van der Waals surface area contributed by atoms with Gasteiger partial charge in [0.15, 0.2) is 0 Å². The number of alkyl halides is 5. The molecule has 3 heterocycles. The molecule has 3 aromatic rings. The van der Waals surface area contributed by atoms with Gasteiger partial charge in [0.25, 0.3) is 5.92 Å². The van der Waals surface area contributed by atoms with Crippen molar-refractivity contribution in [2.45, 2.75) is 43.9 Å². The number of halogens is 8. The van der Waals surface area contributed by atoms with Crippen LogP contribution in [-0.2, 0) is 18.4 Å². The van der Waals surface area contributed by atoms with Crippen LogP contribution >= 0.6 is 34.8 Å². The molecule has 2 aromatic carbocycles. The van der Waals surface area contributed by atoms with Crippen LogP contribution in [0.2, 0.25) is 15.1 Å². The van der Waals surface area contributed by atoms with E-state index in [0.29, 0.717) is 46.9 Å². The van der Waals surface area contributed by atoms with Gasteiger partial charge in [0, 0.05) is 33.1 Å². The van der Waals surface area contributed by atoms with Crippen LogP contribution in [0.1, 0.15) is 24.8 Å². The van der Waals surface area contributed by atoms with Crippen LogP contribution < -0.4 is 20.9 Å². The SMILES string of the molecule is Cn1c(Nc2c(Cl)ccc(CNC(=O)[C@H]3CC(F)(F)CN3)c2Cl)nc2cc(Cl)c(N3CCCC(C(F)(F)F)C3)cc21. The number of nitrogens with one attached hydrogen (secondary N) is 3. The van der Waals surface area contributed by atoms with Crippen molar-refractivity contribution in [1.82, 2.24) is 20.2 Å². The Balaban J connectivity index is 1.36. The lowest BCUT2D eigenvalue weighted by Crippen LogP contribution is -2.41. The Morgan fingerprint density at radius 2 is 1.95 bits per heavy atom. The molecule has 2 aliphatic heterocycles. The van der Waals surface area contributed by atoms with Crippen molar-refractivity contribution in [3.05, 3.63) is 44.9 Å². The number of hydrogen-bond donors (Lipinski definition) is 3. The molecule has 3 N–H and O–H groups in total. The zero-order valence-corrected chi connectivity index (χ0v) is 24.0. The van der Waals surface area contributed by atoms with E-state index in [1.807, 2.05) is 0 Å². The maximum atomic E-state index is 13.4. The number of fused-ring (bicyclic) bond motifs is 1. The molecular formula is C26H26Cl3F5N6O. The maximum Gasteiger partial charge on any atom is 0.393 e. The lowest BCUT2D eigenvalue weighted by Gasteiger charge is -2.35. The van der Waals surface area contributed by atoms with Gasteiger partial charge >= 0.3 is 6.18 Å². The molecule has 0 spiro atoms. The van der Waals surface area contributed by atoms with Crippen molar-refractivity contribution < 1.29 is 26.7 Å². The summed E-state index contributed by atoms with van der Waals surface area (Å²) >= 11 is 19.5. The van der Waals surface area contributed by atoms with Gasteiger partial charge in [-0.1, -0.05) is 40.9 Å². The van der Waals surface area contributed by atoms with Crippen LogP contribution in [0, 0.1) is 5.92 Å². The summed E-state index contributed by atoms with van der Waals surface area (Å²) in [4.78, 5) is 18.6. The van der Waals surface area contributed by atoms with E-state index in [9.17, 15) is 26.7 Å². The summed E-state index contributed by atoms with van der Waals surface area (Å²) in [6.07, 6.45) is -4.39. The minimum Gasteiger partial charge on any atom is -0.370 e. The number of hydrogen-bond acceptors (Lipinski definition) is 5. The van der Waals surface area contributed by atoms with Crippen molar-refractivity contribution in [3.8, 4) is 0 Å². The Morgan fingerprint density at radius 1 is 1.20 bits per heavy atom. The van der Waals surface area contributed by atoms with Crippen LogP contribution in [-0.4, -0.2) is 53.2 Å². The molecule has 0 radical (unpaired) electrons. The van der Waals surface area contributed by atoms with Gasteiger partial charge in [0.05, 0.1) is 56.0 Å². The van der Waals surface area contributed by atoms with E-state index < -0.39 is 42.9 Å². The highest BCUT2D eigenvalue weighted by Gasteiger charge is 2.43. The average molecular weight is 640 g/mol. The van der Waals surface area contributed by atoms with Gasteiger partial charge in [-0.3, -0.25) is 10.1 Å². The predicted octanol–water partition coefficient (Wildman–Crippen LogP) is 6.67. The van der Waals surface area contributed by atoms with Crippen LogP contribution in [0.4, 0.5) is 39.3 Å². The van der Waals surface area contributed by atoms with E-state index in [1.54, 1.807) is 40.8 Å². The molecular weight excluding hydrogens is 614 g/mol. The zero-order chi connectivity index (χ0) is 29.7. The number of rotatable bonds is 6. The van der Waals surface area contributed by atoms with Gasteiger partial charge in [0.1, 0.15) is 0 Å². The third kappa shape index (κ3) is 6.30. The normalized spacial score (nSPS) is 21.0. The van der Waals surface area contributed by atoms with Crippen molar-refractivity contribution in [2.24, 2.45) is 13.0 Å². The molecule has 2 aliphatic rings. The molecule has 2 atom stereocenters. The highest BCUT2D eigenvalue weighted by molar-refractivity contribution is 6.39. The maximum absolute atomic E-state index is 13.4. The van der Waals surface area contributed by atoms with Crippen molar-refractivity contribution in [2.75, 3.05) is 29.9 Å². The second-order valence-corrected chi connectivity index (χ2v) is 11.5. The van der Waals surface area contributed by atoms with Crippen LogP contribution in [0.15, 0.2) is 24.3 Å². The fraction of sp³-hybridized carbons (Fsp3) is 0.462. The molecule has 0 saturated carbocycles. The number of carbonyl (C=O) groups excluding carboxylic acids is 1. The van der Waals surface area contributed by atoms with E-state index in [1.165, 1.54) is 0 Å². The molecule has 2 saturated heterocycles. The third-order valence-electron chi connectivity index (χ3n) is 7.46. The minimum absolute atomic E-state index is 0.0243. The van der Waals surface area contributed by atoms with E-state index >= 15 is 0 Å². The lowest BCUT2D eigenvalue weighted by molar-refractivity contribution is -0.176. The number of nitrogens with zero attached hydrogens (tertiary/aromatic N) is 3. The number of aromatic nitrogens is 2. The molecule has 41 heavy (non-hydrogen) atoms. The molecule has 5 rings (SSSR count). The number of aryl methyl sites for hydroxylation is 1. The summed E-state index contributed by atoms with van der Waals surface area (Å²) in [6.45, 7) is -0.304.